The average molecular weight is 485 g/mol. The standard InChI is InChI=1S/C26H29FN2O4S/c1-16(2)21-12-20(27)13-22(18-7-6-10-28-15-18)23(21)14-25(30)29-34(32,33)24-9-8-19(11-17(24)3)26(4,5)31/h6-13,15-16,31H,14H2,1-5H3,(H,29,30). The number of hydrogen-bond acceptors (Lipinski definition) is 5. The number of hydrogen-bond donors (Lipinski definition) is 2. The van der Waals surface area contributed by atoms with Crippen LogP contribution in [0.15, 0.2) is 59.8 Å². The van der Waals surface area contributed by atoms with E-state index >= 15 is 0 Å². The molecule has 2 N–H and O–H groups in total. The summed E-state index contributed by atoms with van der Waals surface area (Å²) in [5.41, 5.74) is 2.13. The van der Waals surface area contributed by atoms with Crippen molar-refractivity contribution in [3.8, 4) is 11.1 Å². The fraction of sp³-hybridized carbons (Fsp3) is 0.308. The molecule has 1 amide bonds. The minimum absolute atomic E-state index is 0.0514. The molecule has 0 unspecified atom stereocenters. The first-order valence-corrected chi connectivity index (χ1v) is 12.4. The first-order valence-electron chi connectivity index (χ1n) is 10.9. The van der Waals surface area contributed by atoms with Crippen LogP contribution >= 0.6 is 0 Å². The molecule has 0 saturated heterocycles. The van der Waals surface area contributed by atoms with Crippen LogP contribution in [0, 0.1) is 12.7 Å². The fourth-order valence-electron chi connectivity index (χ4n) is 3.88. The van der Waals surface area contributed by atoms with Gasteiger partial charge in [-0.2, -0.15) is 0 Å². The molecule has 34 heavy (non-hydrogen) atoms. The van der Waals surface area contributed by atoms with Crippen LogP contribution in [0.1, 0.15) is 55.9 Å². The van der Waals surface area contributed by atoms with Gasteiger partial charge in [-0.05, 0) is 78.8 Å². The Balaban J connectivity index is 1.96. The maximum atomic E-state index is 14.4. The van der Waals surface area contributed by atoms with Gasteiger partial charge in [-0.1, -0.05) is 32.0 Å². The highest BCUT2D eigenvalue weighted by Crippen LogP contribution is 2.32. The van der Waals surface area contributed by atoms with Crippen LogP contribution in [0.25, 0.3) is 11.1 Å². The van der Waals surface area contributed by atoms with Crippen molar-refractivity contribution >= 4 is 15.9 Å². The number of aromatic nitrogens is 1. The first-order chi connectivity index (χ1) is 15.8. The molecule has 3 aromatic rings. The van der Waals surface area contributed by atoms with Crippen LogP contribution in [0.3, 0.4) is 0 Å². The van der Waals surface area contributed by atoms with Gasteiger partial charge < -0.3 is 5.11 Å². The van der Waals surface area contributed by atoms with Crippen molar-refractivity contribution in [2.75, 3.05) is 0 Å². The molecule has 0 radical (unpaired) electrons. The monoisotopic (exact) mass is 484 g/mol. The van der Waals surface area contributed by atoms with Crippen LogP contribution in [0.4, 0.5) is 4.39 Å². The molecule has 0 aliphatic heterocycles. The SMILES string of the molecule is Cc1cc(C(C)(C)O)ccc1S(=O)(=O)NC(=O)Cc1c(-c2cccnc2)cc(F)cc1C(C)C. The van der Waals surface area contributed by atoms with Crippen LogP contribution in [0.5, 0.6) is 0 Å². The highest BCUT2D eigenvalue weighted by molar-refractivity contribution is 7.90. The molecule has 1 heterocycles. The topological polar surface area (TPSA) is 96.4 Å². The number of carbonyl (C=O) groups excluding carboxylic acids is 1. The Labute approximate surface area is 199 Å². The third-order valence-corrected chi connectivity index (χ3v) is 7.13. The molecule has 180 valence electrons. The number of amides is 1. The number of carbonyl (C=O) groups is 1. The third kappa shape index (κ3) is 5.69. The number of nitrogens with zero attached hydrogens (tertiary/aromatic N) is 1. The lowest BCUT2D eigenvalue weighted by molar-refractivity contribution is -0.118. The van der Waals surface area contributed by atoms with Crippen molar-refractivity contribution in [3.05, 3.63) is 82.9 Å². The van der Waals surface area contributed by atoms with Crippen molar-refractivity contribution < 1.29 is 22.7 Å². The van der Waals surface area contributed by atoms with Crippen molar-refractivity contribution in [2.45, 2.75) is 57.5 Å². The maximum absolute atomic E-state index is 14.4. The molecule has 3 rings (SSSR count). The molecule has 2 aromatic carbocycles. The second-order valence-electron chi connectivity index (χ2n) is 9.16. The zero-order chi connectivity index (χ0) is 25.3. The highest BCUT2D eigenvalue weighted by atomic mass is 32.2. The Morgan fingerprint density at radius 3 is 2.44 bits per heavy atom. The summed E-state index contributed by atoms with van der Waals surface area (Å²) < 4.78 is 42.5. The van der Waals surface area contributed by atoms with Crippen LogP contribution in [0.2, 0.25) is 0 Å². The van der Waals surface area contributed by atoms with Gasteiger partial charge in [-0.3, -0.25) is 9.78 Å². The normalized spacial score (nSPS) is 12.1. The Hall–Kier alpha value is -3.10. The van der Waals surface area contributed by atoms with Crippen molar-refractivity contribution in [1.29, 1.82) is 0 Å². The molecular formula is C26H29FN2O4S. The summed E-state index contributed by atoms with van der Waals surface area (Å²) in [4.78, 5) is 17.0. The van der Waals surface area contributed by atoms with Crippen molar-refractivity contribution in [1.82, 2.24) is 9.71 Å². The van der Waals surface area contributed by atoms with Gasteiger partial charge in [0.1, 0.15) is 5.82 Å². The van der Waals surface area contributed by atoms with E-state index in [1.807, 2.05) is 13.8 Å². The minimum Gasteiger partial charge on any atom is -0.386 e. The summed E-state index contributed by atoms with van der Waals surface area (Å²) >= 11 is 0. The van der Waals surface area contributed by atoms with E-state index in [-0.39, 0.29) is 17.2 Å². The minimum atomic E-state index is -4.16. The number of pyridine rings is 1. The smallest absolute Gasteiger partial charge is 0.264 e. The fourth-order valence-corrected chi connectivity index (χ4v) is 5.09. The Bertz CT molecular complexity index is 1310. The summed E-state index contributed by atoms with van der Waals surface area (Å²) in [5, 5.41) is 10.2. The van der Waals surface area contributed by atoms with E-state index < -0.39 is 27.3 Å². The lowest BCUT2D eigenvalue weighted by Crippen LogP contribution is -2.33. The number of nitrogens with one attached hydrogen (secondary N) is 1. The van der Waals surface area contributed by atoms with Gasteiger partial charge in [-0.25, -0.2) is 17.5 Å². The van der Waals surface area contributed by atoms with Gasteiger partial charge in [-0.15, -0.1) is 0 Å². The van der Waals surface area contributed by atoms with Crippen molar-refractivity contribution in [2.24, 2.45) is 0 Å². The summed E-state index contributed by atoms with van der Waals surface area (Å²) in [6.45, 7) is 8.58. The van der Waals surface area contributed by atoms with Crippen LogP contribution in [-0.4, -0.2) is 24.4 Å². The zero-order valence-electron chi connectivity index (χ0n) is 19.9. The molecule has 0 saturated carbocycles. The molecule has 1 aromatic heterocycles. The molecule has 8 heteroatoms. The van der Waals surface area contributed by atoms with E-state index in [9.17, 15) is 22.7 Å². The van der Waals surface area contributed by atoms with Crippen molar-refractivity contribution in [3.63, 3.8) is 0 Å². The largest absolute Gasteiger partial charge is 0.386 e. The predicted octanol–water partition coefficient (Wildman–Crippen LogP) is 4.59. The van der Waals surface area contributed by atoms with E-state index in [2.05, 4.69) is 9.71 Å². The Morgan fingerprint density at radius 1 is 1.18 bits per heavy atom. The lowest BCUT2D eigenvalue weighted by atomic mass is 9.88. The van der Waals surface area contributed by atoms with Gasteiger partial charge in [0.2, 0.25) is 5.91 Å². The van der Waals surface area contributed by atoms with Gasteiger partial charge >= 0.3 is 0 Å². The summed E-state index contributed by atoms with van der Waals surface area (Å²) in [7, 11) is -4.16. The molecule has 6 nitrogen and oxygen atoms in total. The molecule has 0 fully saturated rings. The quantitative estimate of drug-likeness (QED) is 0.511. The van der Waals surface area contributed by atoms with E-state index in [4.69, 9.17) is 0 Å². The Kier molecular flexibility index (Phi) is 7.24. The van der Waals surface area contributed by atoms with Gasteiger partial charge in [0, 0.05) is 18.0 Å². The molecule has 0 atom stereocenters. The summed E-state index contributed by atoms with van der Waals surface area (Å²) in [6, 6.07) is 10.7. The van der Waals surface area contributed by atoms with Gasteiger partial charge in [0.05, 0.1) is 16.9 Å². The number of aliphatic hydroxyl groups is 1. The summed E-state index contributed by atoms with van der Waals surface area (Å²) in [6.07, 6.45) is 2.92. The van der Waals surface area contributed by atoms with E-state index in [0.717, 1.165) is 0 Å². The molecule has 0 aliphatic carbocycles. The number of aryl methyl sites for hydroxylation is 1. The van der Waals surface area contributed by atoms with Gasteiger partial charge in [0.25, 0.3) is 10.0 Å². The van der Waals surface area contributed by atoms with E-state index in [0.29, 0.717) is 33.4 Å². The number of sulfonamides is 1. The highest BCUT2D eigenvalue weighted by Gasteiger charge is 2.25. The second-order valence-corrected chi connectivity index (χ2v) is 10.8. The molecular weight excluding hydrogens is 455 g/mol. The molecule has 0 spiro atoms. The molecule has 0 bridgehead atoms. The van der Waals surface area contributed by atoms with Gasteiger partial charge in [0.15, 0.2) is 0 Å². The zero-order valence-corrected chi connectivity index (χ0v) is 20.7. The number of benzene rings is 2. The summed E-state index contributed by atoms with van der Waals surface area (Å²) in [5.74, 6) is -1.27. The molecule has 0 aliphatic rings. The Morgan fingerprint density at radius 2 is 1.88 bits per heavy atom. The average Bonchev–Trinajstić information content (AvgIpc) is 2.73. The van der Waals surface area contributed by atoms with Crippen LogP contribution in [-0.2, 0) is 26.8 Å². The van der Waals surface area contributed by atoms with E-state index in [1.54, 1.807) is 51.4 Å². The first kappa shape index (κ1) is 25.5. The lowest BCUT2D eigenvalue weighted by Gasteiger charge is -2.20. The second kappa shape index (κ2) is 9.64. The number of halogens is 1. The number of rotatable bonds is 7. The van der Waals surface area contributed by atoms with E-state index in [1.165, 1.54) is 24.3 Å². The third-order valence-electron chi connectivity index (χ3n) is 5.60. The van der Waals surface area contributed by atoms with Crippen LogP contribution < -0.4 is 4.72 Å². The maximum Gasteiger partial charge on any atom is 0.264 e. The predicted molar refractivity (Wildman–Crippen MR) is 129 cm³/mol.